The lowest BCUT2D eigenvalue weighted by Crippen LogP contribution is -2.00. The van der Waals surface area contributed by atoms with Gasteiger partial charge >= 0.3 is 0 Å². The van der Waals surface area contributed by atoms with Crippen molar-refractivity contribution >= 4 is 11.5 Å². The molecule has 56 valence electrons. The highest BCUT2D eigenvalue weighted by Gasteiger charge is 1.94. The number of carbonyl (C=O) groups is 1. The summed E-state index contributed by atoms with van der Waals surface area (Å²) in [6.07, 6.45) is 2.18. The Morgan fingerprint density at radius 3 is 2.60 bits per heavy atom. The average Bonchev–Trinajstić information content (AvgIpc) is 1.82. The minimum Gasteiger partial charge on any atom is -0.300 e. The maximum atomic E-state index is 10.5. The molecule has 0 atom stereocenters. The lowest BCUT2D eigenvalue weighted by molar-refractivity contribution is -0.115. The third kappa shape index (κ3) is 5.22. The number of rotatable bonds is 4. The highest BCUT2D eigenvalue weighted by molar-refractivity contribution is 5.99. The van der Waals surface area contributed by atoms with Crippen molar-refractivity contribution in [1.29, 1.82) is 0 Å². The Labute approximate surface area is 61.7 Å². The van der Waals surface area contributed by atoms with E-state index < -0.39 is 0 Å². The van der Waals surface area contributed by atoms with Gasteiger partial charge in [0.1, 0.15) is 5.78 Å². The number of aliphatic imine (C=N–C) groups is 1. The lowest BCUT2D eigenvalue weighted by Gasteiger charge is -1.93. The van der Waals surface area contributed by atoms with E-state index in [2.05, 4.69) is 11.6 Å². The molecule has 0 radical (unpaired) electrons. The van der Waals surface area contributed by atoms with Crippen molar-refractivity contribution in [3.8, 4) is 0 Å². The number of hydrogen-bond donors (Lipinski definition) is 0. The van der Waals surface area contributed by atoms with Crippen LogP contribution in [-0.4, -0.2) is 18.0 Å². The lowest BCUT2D eigenvalue weighted by atomic mass is 10.2. The normalized spacial score (nSPS) is 11.2. The molecule has 0 rings (SSSR count). The van der Waals surface area contributed by atoms with Gasteiger partial charge in [0, 0.05) is 12.1 Å². The molecule has 0 aromatic carbocycles. The van der Waals surface area contributed by atoms with E-state index >= 15 is 0 Å². The second-order valence-corrected chi connectivity index (χ2v) is 2.24. The molecule has 0 aromatic heterocycles. The minimum absolute atomic E-state index is 0.158. The predicted molar refractivity (Wildman–Crippen MR) is 43.5 cm³/mol. The summed E-state index contributed by atoms with van der Waals surface area (Å²) >= 11 is 0. The maximum absolute atomic E-state index is 10.5. The van der Waals surface area contributed by atoms with Crippen LogP contribution in [-0.2, 0) is 4.79 Å². The molecule has 0 N–H and O–H groups in total. The number of Topliss-reactive ketones (excluding diaryl/α,β-unsaturated/α-hetero) is 1. The summed E-state index contributed by atoms with van der Waals surface area (Å²) < 4.78 is 0. The Morgan fingerprint density at radius 2 is 2.20 bits per heavy atom. The molecule has 0 aliphatic heterocycles. The second kappa shape index (κ2) is 4.91. The molecule has 0 aliphatic rings. The van der Waals surface area contributed by atoms with E-state index in [1.165, 1.54) is 0 Å². The summed E-state index contributed by atoms with van der Waals surface area (Å²) in [6, 6.07) is 0. The Balaban J connectivity index is 3.70. The van der Waals surface area contributed by atoms with Crippen molar-refractivity contribution in [2.75, 3.05) is 6.54 Å². The first-order valence-electron chi connectivity index (χ1n) is 3.27. The van der Waals surface area contributed by atoms with Crippen molar-refractivity contribution in [2.24, 2.45) is 4.99 Å². The van der Waals surface area contributed by atoms with Crippen molar-refractivity contribution in [2.45, 2.75) is 20.3 Å². The van der Waals surface area contributed by atoms with E-state index in [4.69, 9.17) is 0 Å². The number of carbonyl (C=O) groups excluding carboxylic acids is 1. The summed E-state index contributed by atoms with van der Waals surface area (Å²) in [5.41, 5.74) is 0.882. The van der Waals surface area contributed by atoms with E-state index in [1.807, 2.05) is 6.92 Å². The number of nitrogens with zero attached hydrogens (tertiary/aromatic N) is 1. The highest BCUT2D eigenvalue weighted by atomic mass is 16.1. The highest BCUT2D eigenvalue weighted by Crippen LogP contribution is 1.87. The topological polar surface area (TPSA) is 29.4 Å². The summed E-state index contributed by atoms with van der Waals surface area (Å²) in [5, 5.41) is 0. The molecule has 0 fully saturated rings. The smallest absolute Gasteiger partial charge is 0.135 e. The molecule has 2 nitrogen and oxygen atoms in total. The molecule has 2 heteroatoms. The van der Waals surface area contributed by atoms with E-state index in [1.54, 1.807) is 13.0 Å². The zero-order chi connectivity index (χ0) is 7.98. The molecular formula is C8H13NO. The molecule has 0 aromatic rings. The van der Waals surface area contributed by atoms with Gasteiger partial charge in [0.15, 0.2) is 0 Å². The monoisotopic (exact) mass is 139 g/mol. The van der Waals surface area contributed by atoms with Crippen LogP contribution in [0.3, 0.4) is 0 Å². The molecule has 0 saturated carbocycles. The van der Waals surface area contributed by atoms with E-state index in [0.717, 1.165) is 5.71 Å². The van der Waals surface area contributed by atoms with Crippen LogP contribution in [0.25, 0.3) is 0 Å². The molecule has 0 aliphatic carbocycles. The van der Waals surface area contributed by atoms with Crippen LogP contribution in [0, 0.1) is 0 Å². The zero-order valence-corrected chi connectivity index (χ0v) is 6.55. The fraction of sp³-hybridized carbons (Fsp3) is 0.500. The Bertz CT molecular complexity index is 159. The van der Waals surface area contributed by atoms with Crippen LogP contribution in [0.15, 0.2) is 17.6 Å². The molecule has 0 saturated heterocycles. The van der Waals surface area contributed by atoms with Crippen molar-refractivity contribution < 1.29 is 4.79 Å². The molecule has 0 amide bonds. The van der Waals surface area contributed by atoms with Gasteiger partial charge in [-0.2, -0.15) is 0 Å². The van der Waals surface area contributed by atoms with Gasteiger partial charge in [-0.15, -0.1) is 6.58 Å². The third-order valence-corrected chi connectivity index (χ3v) is 0.995. The SMILES string of the molecule is C=CCN=C(C)CC(C)=O. The summed E-state index contributed by atoms with van der Waals surface area (Å²) in [4.78, 5) is 14.6. The Hall–Kier alpha value is -0.920. The van der Waals surface area contributed by atoms with Crippen LogP contribution >= 0.6 is 0 Å². The fourth-order valence-corrected chi connectivity index (χ4v) is 0.637. The Morgan fingerprint density at radius 1 is 1.60 bits per heavy atom. The van der Waals surface area contributed by atoms with Crippen LogP contribution in [0.5, 0.6) is 0 Å². The quantitative estimate of drug-likeness (QED) is 0.430. The molecule has 0 heterocycles. The molecule has 0 spiro atoms. The molecular weight excluding hydrogens is 126 g/mol. The van der Waals surface area contributed by atoms with Crippen molar-refractivity contribution in [3.05, 3.63) is 12.7 Å². The summed E-state index contributed by atoms with van der Waals surface area (Å²) in [5.74, 6) is 0.158. The van der Waals surface area contributed by atoms with Crippen LogP contribution < -0.4 is 0 Å². The van der Waals surface area contributed by atoms with Gasteiger partial charge in [-0.25, -0.2) is 0 Å². The van der Waals surface area contributed by atoms with E-state index in [9.17, 15) is 4.79 Å². The first kappa shape index (κ1) is 9.08. The van der Waals surface area contributed by atoms with Crippen LogP contribution in [0.2, 0.25) is 0 Å². The maximum Gasteiger partial charge on any atom is 0.135 e. The van der Waals surface area contributed by atoms with Gasteiger partial charge in [-0.05, 0) is 13.8 Å². The minimum atomic E-state index is 0.158. The van der Waals surface area contributed by atoms with Gasteiger partial charge in [-0.1, -0.05) is 6.08 Å². The predicted octanol–water partition coefficient (Wildman–Crippen LogP) is 1.61. The van der Waals surface area contributed by atoms with E-state index in [-0.39, 0.29) is 5.78 Å². The van der Waals surface area contributed by atoms with Crippen LogP contribution in [0.4, 0.5) is 0 Å². The first-order chi connectivity index (χ1) is 4.66. The second-order valence-electron chi connectivity index (χ2n) is 2.24. The Kier molecular flexibility index (Phi) is 4.46. The summed E-state index contributed by atoms with van der Waals surface area (Å²) in [7, 11) is 0. The molecule has 10 heavy (non-hydrogen) atoms. The van der Waals surface area contributed by atoms with Gasteiger partial charge in [0.05, 0.1) is 6.54 Å². The van der Waals surface area contributed by atoms with Gasteiger partial charge in [-0.3, -0.25) is 9.79 Å². The first-order valence-corrected chi connectivity index (χ1v) is 3.27. The van der Waals surface area contributed by atoms with Gasteiger partial charge in [0.2, 0.25) is 0 Å². The standard InChI is InChI=1S/C8H13NO/c1-4-5-9-7(2)6-8(3)10/h4H,1,5-6H2,2-3H3. The van der Waals surface area contributed by atoms with Crippen molar-refractivity contribution in [3.63, 3.8) is 0 Å². The summed E-state index contributed by atoms with van der Waals surface area (Å²) in [6.45, 7) is 7.54. The number of hydrogen-bond acceptors (Lipinski definition) is 2. The van der Waals surface area contributed by atoms with E-state index in [0.29, 0.717) is 13.0 Å². The molecule has 0 unspecified atom stereocenters. The third-order valence-electron chi connectivity index (χ3n) is 0.995. The fourth-order valence-electron chi connectivity index (χ4n) is 0.637. The zero-order valence-electron chi connectivity index (χ0n) is 6.55. The number of ketones is 1. The van der Waals surface area contributed by atoms with Crippen molar-refractivity contribution in [1.82, 2.24) is 0 Å². The van der Waals surface area contributed by atoms with Gasteiger partial charge in [0.25, 0.3) is 0 Å². The van der Waals surface area contributed by atoms with Gasteiger partial charge < -0.3 is 0 Å². The van der Waals surface area contributed by atoms with Crippen LogP contribution in [0.1, 0.15) is 20.3 Å². The largest absolute Gasteiger partial charge is 0.300 e. The average molecular weight is 139 g/mol. The molecule has 0 bridgehead atoms.